The van der Waals surface area contributed by atoms with Gasteiger partial charge in [0.25, 0.3) is 0 Å². The van der Waals surface area contributed by atoms with Crippen LogP contribution in [0.3, 0.4) is 0 Å². The number of rotatable bonds is 4. The Morgan fingerprint density at radius 1 is 1.21 bits per heavy atom. The molecule has 1 aliphatic carbocycles. The van der Waals surface area contributed by atoms with Crippen molar-refractivity contribution in [3.05, 3.63) is 0 Å². The van der Waals surface area contributed by atoms with E-state index in [9.17, 15) is 0 Å². The van der Waals surface area contributed by atoms with E-state index < -0.39 is 0 Å². The molecule has 0 amide bonds. The molecule has 0 aromatic rings. The van der Waals surface area contributed by atoms with E-state index in [-0.39, 0.29) is 5.60 Å². The molecule has 3 fully saturated rings. The Balaban J connectivity index is 1.63. The van der Waals surface area contributed by atoms with Crippen LogP contribution >= 0.6 is 0 Å². The summed E-state index contributed by atoms with van der Waals surface area (Å²) < 4.78 is 11.6. The maximum Gasteiger partial charge on any atom is 0.0741 e. The summed E-state index contributed by atoms with van der Waals surface area (Å²) in [4.78, 5) is 2.57. The van der Waals surface area contributed by atoms with Crippen molar-refractivity contribution in [2.24, 2.45) is 11.7 Å². The predicted octanol–water partition coefficient (Wildman–Crippen LogP) is 1.38. The lowest BCUT2D eigenvalue weighted by atomic mass is 9.83. The second-order valence-electron chi connectivity index (χ2n) is 6.60. The third kappa shape index (κ3) is 2.97. The van der Waals surface area contributed by atoms with E-state index in [1.807, 2.05) is 0 Å². The fraction of sp³-hybridized carbons (Fsp3) is 1.00. The largest absolute Gasteiger partial charge is 0.381 e. The number of ether oxygens (including phenoxy) is 2. The summed E-state index contributed by atoms with van der Waals surface area (Å²) in [6, 6.07) is 1.22. The van der Waals surface area contributed by atoms with E-state index in [4.69, 9.17) is 15.2 Å². The molecule has 0 aromatic heterocycles. The summed E-state index contributed by atoms with van der Waals surface area (Å²) in [5, 5.41) is 0. The number of nitrogens with two attached hydrogens (primary N) is 1. The van der Waals surface area contributed by atoms with Gasteiger partial charge >= 0.3 is 0 Å². The van der Waals surface area contributed by atoms with Crippen LogP contribution in [-0.4, -0.2) is 56.0 Å². The van der Waals surface area contributed by atoms with Gasteiger partial charge in [0.2, 0.25) is 0 Å². The SMILES string of the molecule is CN(C1CCOC2(CCOCC2)C1)C(CN)C1CC1. The van der Waals surface area contributed by atoms with E-state index >= 15 is 0 Å². The van der Waals surface area contributed by atoms with Crippen LogP contribution in [-0.2, 0) is 9.47 Å². The molecule has 1 spiro atoms. The molecule has 110 valence electrons. The van der Waals surface area contributed by atoms with Crippen LogP contribution in [0.4, 0.5) is 0 Å². The van der Waals surface area contributed by atoms with Gasteiger partial charge in [-0.05, 0) is 51.5 Å². The first-order valence-corrected chi connectivity index (χ1v) is 7.88. The molecule has 0 radical (unpaired) electrons. The maximum atomic E-state index is 6.14. The fourth-order valence-corrected chi connectivity index (χ4v) is 3.88. The topological polar surface area (TPSA) is 47.7 Å². The Labute approximate surface area is 116 Å². The quantitative estimate of drug-likeness (QED) is 0.837. The average molecular weight is 268 g/mol. The van der Waals surface area contributed by atoms with Crippen LogP contribution < -0.4 is 5.73 Å². The number of likely N-dealkylation sites (N-methyl/N-ethyl adjacent to an activating group) is 1. The molecule has 2 aliphatic heterocycles. The van der Waals surface area contributed by atoms with Crippen LogP contribution in [0.15, 0.2) is 0 Å². The second kappa shape index (κ2) is 5.68. The van der Waals surface area contributed by atoms with Crippen LogP contribution in [0.1, 0.15) is 38.5 Å². The molecule has 2 atom stereocenters. The molecule has 1 saturated carbocycles. The van der Waals surface area contributed by atoms with E-state index in [1.54, 1.807) is 0 Å². The van der Waals surface area contributed by atoms with Gasteiger partial charge < -0.3 is 15.2 Å². The maximum absolute atomic E-state index is 6.14. The smallest absolute Gasteiger partial charge is 0.0741 e. The van der Waals surface area contributed by atoms with Crippen LogP contribution in [0.2, 0.25) is 0 Å². The first-order valence-electron chi connectivity index (χ1n) is 7.88. The molecule has 4 heteroatoms. The highest BCUT2D eigenvalue weighted by Crippen LogP contribution is 2.39. The summed E-state index contributed by atoms with van der Waals surface area (Å²) in [5.74, 6) is 0.850. The standard InChI is InChI=1S/C15H28N2O2/c1-17(14(11-16)12-2-3-12)13-4-7-19-15(10-13)5-8-18-9-6-15/h12-14H,2-11,16H2,1H3. The van der Waals surface area contributed by atoms with E-state index in [2.05, 4.69) is 11.9 Å². The minimum Gasteiger partial charge on any atom is -0.381 e. The molecular weight excluding hydrogens is 240 g/mol. The molecule has 0 bridgehead atoms. The first kappa shape index (κ1) is 13.8. The minimum atomic E-state index is 0.0954. The molecular formula is C15H28N2O2. The summed E-state index contributed by atoms with van der Waals surface area (Å²) in [6.07, 6.45) is 7.18. The Kier molecular flexibility index (Phi) is 4.13. The lowest BCUT2D eigenvalue weighted by Gasteiger charge is -2.47. The normalized spacial score (nSPS) is 32.7. The van der Waals surface area contributed by atoms with E-state index in [0.29, 0.717) is 12.1 Å². The number of hydrogen-bond donors (Lipinski definition) is 1. The van der Waals surface area contributed by atoms with Crippen LogP contribution in [0, 0.1) is 5.92 Å². The molecule has 19 heavy (non-hydrogen) atoms. The van der Waals surface area contributed by atoms with Gasteiger partial charge in [-0.1, -0.05) is 0 Å². The summed E-state index contributed by atoms with van der Waals surface area (Å²) in [6.45, 7) is 3.42. The lowest BCUT2D eigenvalue weighted by Crippen LogP contribution is -2.54. The van der Waals surface area contributed by atoms with Crippen molar-refractivity contribution in [2.45, 2.75) is 56.2 Å². The van der Waals surface area contributed by atoms with Crippen molar-refractivity contribution in [1.29, 1.82) is 0 Å². The zero-order valence-electron chi connectivity index (χ0n) is 12.1. The molecule has 2 unspecified atom stereocenters. The summed E-state index contributed by atoms with van der Waals surface area (Å²) >= 11 is 0. The summed E-state index contributed by atoms with van der Waals surface area (Å²) in [5.41, 5.74) is 6.09. The monoisotopic (exact) mass is 268 g/mol. The Hall–Kier alpha value is -0.160. The second-order valence-corrected chi connectivity index (χ2v) is 6.60. The fourth-order valence-electron chi connectivity index (χ4n) is 3.88. The first-order chi connectivity index (χ1) is 9.24. The van der Waals surface area contributed by atoms with Gasteiger partial charge in [-0.15, -0.1) is 0 Å². The van der Waals surface area contributed by atoms with Gasteiger partial charge in [-0.3, -0.25) is 4.90 Å². The Morgan fingerprint density at radius 3 is 2.58 bits per heavy atom. The molecule has 2 N–H and O–H groups in total. The van der Waals surface area contributed by atoms with Crippen molar-refractivity contribution >= 4 is 0 Å². The number of hydrogen-bond acceptors (Lipinski definition) is 4. The van der Waals surface area contributed by atoms with Gasteiger partial charge in [-0.2, -0.15) is 0 Å². The third-order valence-electron chi connectivity index (χ3n) is 5.38. The van der Waals surface area contributed by atoms with Gasteiger partial charge in [0.15, 0.2) is 0 Å². The zero-order valence-corrected chi connectivity index (χ0v) is 12.1. The van der Waals surface area contributed by atoms with Crippen LogP contribution in [0.25, 0.3) is 0 Å². The van der Waals surface area contributed by atoms with E-state index in [0.717, 1.165) is 58.0 Å². The zero-order chi connectivity index (χ0) is 13.3. The summed E-state index contributed by atoms with van der Waals surface area (Å²) in [7, 11) is 2.28. The molecule has 3 aliphatic rings. The molecule has 2 heterocycles. The molecule has 0 aromatic carbocycles. The number of nitrogens with zero attached hydrogens (tertiary/aromatic N) is 1. The van der Waals surface area contributed by atoms with Crippen molar-refractivity contribution in [3.8, 4) is 0 Å². The van der Waals surface area contributed by atoms with E-state index in [1.165, 1.54) is 12.8 Å². The Morgan fingerprint density at radius 2 is 1.95 bits per heavy atom. The van der Waals surface area contributed by atoms with Gasteiger partial charge in [0.05, 0.1) is 5.60 Å². The van der Waals surface area contributed by atoms with Crippen molar-refractivity contribution in [1.82, 2.24) is 4.90 Å². The van der Waals surface area contributed by atoms with Gasteiger partial charge in [0, 0.05) is 38.4 Å². The van der Waals surface area contributed by atoms with Crippen LogP contribution in [0.5, 0.6) is 0 Å². The lowest BCUT2D eigenvalue weighted by molar-refractivity contribution is -0.152. The van der Waals surface area contributed by atoms with Gasteiger partial charge in [-0.25, -0.2) is 0 Å². The minimum absolute atomic E-state index is 0.0954. The molecule has 2 saturated heterocycles. The van der Waals surface area contributed by atoms with Crippen molar-refractivity contribution < 1.29 is 9.47 Å². The molecule has 3 rings (SSSR count). The highest BCUT2D eigenvalue weighted by atomic mass is 16.5. The highest BCUT2D eigenvalue weighted by molar-refractivity contribution is 4.96. The van der Waals surface area contributed by atoms with Gasteiger partial charge in [0.1, 0.15) is 0 Å². The molecule has 4 nitrogen and oxygen atoms in total. The van der Waals surface area contributed by atoms with Crippen molar-refractivity contribution in [3.63, 3.8) is 0 Å². The predicted molar refractivity (Wildman–Crippen MR) is 75.1 cm³/mol. The van der Waals surface area contributed by atoms with Crippen molar-refractivity contribution in [2.75, 3.05) is 33.4 Å². The Bertz CT molecular complexity index is 295. The average Bonchev–Trinajstić information content (AvgIpc) is 3.25. The highest BCUT2D eigenvalue weighted by Gasteiger charge is 2.43. The third-order valence-corrected chi connectivity index (χ3v) is 5.38.